The summed E-state index contributed by atoms with van der Waals surface area (Å²) in [6, 6.07) is 3.58. The molecule has 17 heavy (non-hydrogen) atoms. The van der Waals surface area contributed by atoms with Gasteiger partial charge < -0.3 is 15.2 Å². The van der Waals surface area contributed by atoms with Crippen LogP contribution < -0.4 is 15.2 Å². The summed E-state index contributed by atoms with van der Waals surface area (Å²) < 4.78 is 24.5. The number of hydrogen-bond donors (Lipinski definition) is 1. The van der Waals surface area contributed by atoms with Crippen molar-refractivity contribution in [2.45, 2.75) is 25.9 Å². The van der Waals surface area contributed by atoms with E-state index in [2.05, 4.69) is 0 Å². The Morgan fingerprint density at radius 3 is 2.82 bits per heavy atom. The van der Waals surface area contributed by atoms with Crippen molar-refractivity contribution >= 4 is 0 Å². The number of aryl methyl sites for hydroxylation is 1. The molecule has 1 heterocycles. The van der Waals surface area contributed by atoms with Crippen LogP contribution in [-0.2, 0) is 6.42 Å². The predicted molar refractivity (Wildman–Crippen MR) is 64.3 cm³/mol. The average Bonchev–Trinajstić information content (AvgIpc) is 2.35. The molecule has 0 saturated carbocycles. The molecule has 1 unspecified atom stereocenters. The Morgan fingerprint density at radius 2 is 2.12 bits per heavy atom. The number of rotatable bonds is 4. The quantitative estimate of drug-likeness (QED) is 0.877. The topological polar surface area (TPSA) is 44.5 Å². The van der Waals surface area contributed by atoms with Gasteiger partial charge in [-0.1, -0.05) is 0 Å². The molecule has 3 nitrogen and oxygen atoms in total. The van der Waals surface area contributed by atoms with Crippen LogP contribution >= 0.6 is 0 Å². The van der Waals surface area contributed by atoms with Crippen LogP contribution in [0.15, 0.2) is 12.1 Å². The van der Waals surface area contributed by atoms with E-state index < -0.39 is 6.17 Å². The highest BCUT2D eigenvalue weighted by Crippen LogP contribution is 2.37. The molecule has 4 heteroatoms. The summed E-state index contributed by atoms with van der Waals surface area (Å²) in [7, 11) is 0. The van der Waals surface area contributed by atoms with Gasteiger partial charge in [0.15, 0.2) is 11.5 Å². The first-order valence-electron chi connectivity index (χ1n) is 5.99. The van der Waals surface area contributed by atoms with E-state index in [1.807, 2.05) is 6.07 Å². The van der Waals surface area contributed by atoms with Crippen molar-refractivity contribution in [3.63, 3.8) is 0 Å². The molecule has 0 bridgehead atoms. The molecule has 2 N–H and O–H groups in total. The highest BCUT2D eigenvalue weighted by Gasteiger charge is 2.19. The lowest BCUT2D eigenvalue weighted by Crippen LogP contribution is -2.17. The van der Waals surface area contributed by atoms with Crippen LogP contribution in [0.25, 0.3) is 0 Å². The lowest BCUT2D eigenvalue weighted by molar-refractivity contribution is 0.169. The number of benzene rings is 1. The highest BCUT2D eigenvalue weighted by atomic mass is 19.1. The third-order valence-corrected chi connectivity index (χ3v) is 2.85. The first-order chi connectivity index (χ1) is 8.22. The van der Waals surface area contributed by atoms with Gasteiger partial charge in [-0.3, -0.25) is 0 Å². The highest BCUT2D eigenvalue weighted by molar-refractivity contribution is 5.50. The second kappa shape index (κ2) is 5.36. The molecule has 0 radical (unpaired) electrons. The molecule has 0 saturated heterocycles. The van der Waals surface area contributed by atoms with Crippen LogP contribution in [0.4, 0.5) is 4.39 Å². The zero-order chi connectivity index (χ0) is 12.3. The van der Waals surface area contributed by atoms with Gasteiger partial charge >= 0.3 is 0 Å². The lowest BCUT2D eigenvalue weighted by atomic mass is 10.0. The Kier molecular flexibility index (Phi) is 3.84. The molecule has 0 fully saturated rings. The van der Waals surface area contributed by atoms with Gasteiger partial charge in [0.2, 0.25) is 0 Å². The zero-order valence-corrected chi connectivity index (χ0v) is 10.0. The summed E-state index contributed by atoms with van der Waals surface area (Å²) in [6.07, 6.45) is 0.658. The van der Waals surface area contributed by atoms with E-state index in [0.717, 1.165) is 24.2 Å². The van der Waals surface area contributed by atoms with Crippen molar-refractivity contribution < 1.29 is 13.9 Å². The van der Waals surface area contributed by atoms with Crippen LogP contribution in [-0.4, -0.2) is 19.8 Å². The lowest BCUT2D eigenvalue weighted by Gasteiger charge is -2.22. The van der Waals surface area contributed by atoms with E-state index in [9.17, 15) is 4.39 Å². The summed E-state index contributed by atoms with van der Waals surface area (Å²) in [6.45, 7) is 3.21. The molecule has 0 aromatic heterocycles. The van der Waals surface area contributed by atoms with Crippen molar-refractivity contribution in [1.82, 2.24) is 0 Å². The molecular formula is C13H18FNO2. The van der Waals surface area contributed by atoms with Crippen LogP contribution in [0.5, 0.6) is 11.5 Å². The van der Waals surface area contributed by atoms with Crippen molar-refractivity contribution in [1.29, 1.82) is 0 Å². The van der Waals surface area contributed by atoms with E-state index >= 15 is 0 Å². The van der Waals surface area contributed by atoms with Crippen LogP contribution in [0, 0.1) is 0 Å². The summed E-state index contributed by atoms with van der Waals surface area (Å²) >= 11 is 0. The summed E-state index contributed by atoms with van der Waals surface area (Å²) in [5.41, 5.74) is 7.14. The fourth-order valence-corrected chi connectivity index (χ4v) is 1.96. The average molecular weight is 239 g/mol. The Bertz CT molecular complexity index is 393. The second-order valence-electron chi connectivity index (χ2n) is 4.21. The molecular weight excluding hydrogens is 221 g/mol. The molecule has 0 aliphatic carbocycles. The Morgan fingerprint density at radius 1 is 1.35 bits per heavy atom. The predicted octanol–water partition coefficient (Wildman–Crippen LogP) is 2.38. The molecule has 1 aromatic rings. The third kappa shape index (κ3) is 2.69. The maximum absolute atomic E-state index is 13.4. The smallest absolute Gasteiger partial charge is 0.164 e. The van der Waals surface area contributed by atoms with Gasteiger partial charge in [-0.15, -0.1) is 0 Å². The normalized spacial score (nSPS) is 15.7. The van der Waals surface area contributed by atoms with Gasteiger partial charge in [0.1, 0.15) is 19.4 Å². The molecule has 94 valence electrons. The van der Waals surface area contributed by atoms with Gasteiger partial charge in [-0.25, -0.2) is 4.39 Å². The van der Waals surface area contributed by atoms with Crippen molar-refractivity contribution in [2.75, 3.05) is 19.8 Å². The minimum absolute atomic E-state index is 0.521. The van der Waals surface area contributed by atoms with Gasteiger partial charge in [-0.05, 0) is 49.6 Å². The molecule has 0 amide bonds. The first kappa shape index (κ1) is 12.2. The molecule has 0 spiro atoms. The monoisotopic (exact) mass is 239 g/mol. The summed E-state index contributed by atoms with van der Waals surface area (Å²) in [5, 5.41) is 0. The zero-order valence-electron chi connectivity index (χ0n) is 10.0. The minimum Gasteiger partial charge on any atom is -0.486 e. The summed E-state index contributed by atoms with van der Waals surface area (Å²) in [5.74, 6) is 1.42. The maximum atomic E-state index is 13.4. The van der Waals surface area contributed by atoms with Crippen molar-refractivity contribution in [3.05, 3.63) is 23.3 Å². The van der Waals surface area contributed by atoms with Crippen molar-refractivity contribution in [3.8, 4) is 11.5 Å². The molecule has 1 atom stereocenters. The molecule has 1 aliphatic heterocycles. The number of fused-ring (bicyclic) bond motifs is 1. The van der Waals surface area contributed by atoms with E-state index in [0.29, 0.717) is 31.1 Å². The number of alkyl halides is 1. The molecule has 1 aromatic carbocycles. The van der Waals surface area contributed by atoms with Crippen LogP contribution in [0.3, 0.4) is 0 Å². The van der Waals surface area contributed by atoms with Gasteiger partial charge in [0.25, 0.3) is 0 Å². The van der Waals surface area contributed by atoms with E-state index in [-0.39, 0.29) is 0 Å². The number of halogens is 1. The number of nitrogens with two attached hydrogens (primary N) is 1. The standard InChI is InChI=1S/C13H18FNO2/c1-9(14)11-7-10(3-2-4-15)13-12(8-11)16-5-6-17-13/h7-9H,2-6,15H2,1H3. The first-order valence-corrected chi connectivity index (χ1v) is 5.99. The molecule has 2 rings (SSSR count). The van der Waals surface area contributed by atoms with Gasteiger partial charge in [0.05, 0.1) is 0 Å². The molecule has 1 aliphatic rings. The summed E-state index contributed by atoms with van der Waals surface area (Å²) in [4.78, 5) is 0. The van der Waals surface area contributed by atoms with Crippen molar-refractivity contribution in [2.24, 2.45) is 5.73 Å². The van der Waals surface area contributed by atoms with Gasteiger partial charge in [0, 0.05) is 0 Å². The maximum Gasteiger partial charge on any atom is 0.164 e. The fraction of sp³-hybridized carbons (Fsp3) is 0.538. The Balaban J connectivity index is 2.35. The van der Waals surface area contributed by atoms with E-state index in [1.165, 1.54) is 6.92 Å². The van der Waals surface area contributed by atoms with Crippen LogP contribution in [0.2, 0.25) is 0 Å². The third-order valence-electron chi connectivity index (χ3n) is 2.85. The fourth-order valence-electron chi connectivity index (χ4n) is 1.96. The largest absolute Gasteiger partial charge is 0.486 e. The van der Waals surface area contributed by atoms with E-state index in [4.69, 9.17) is 15.2 Å². The minimum atomic E-state index is -0.998. The van der Waals surface area contributed by atoms with Crippen LogP contribution in [0.1, 0.15) is 30.6 Å². The number of hydrogen-bond acceptors (Lipinski definition) is 3. The Hall–Kier alpha value is -1.29. The SMILES string of the molecule is CC(F)c1cc(CCCN)c2c(c1)OCCO2. The second-order valence-corrected chi connectivity index (χ2v) is 4.21. The number of ether oxygens (including phenoxy) is 2. The van der Waals surface area contributed by atoms with Gasteiger partial charge in [-0.2, -0.15) is 0 Å². The van der Waals surface area contributed by atoms with E-state index in [1.54, 1.807) is 6.07 Å². The Labute approximate surface area is 101 Å².